The van der Waals surface area contributed by atoms with Crippen molar-refractivity contribution >= 4 is 35.1 Å². The number of benzene rings is 2. The minimum Gasteiger partial charge on any atom is -0.211 e. The van der Waals surface area contributed by atoms with Gasteiger partial charge in [-0.15, -0.1) is 0 Å². The molecule has 0 heterocycles. The van der Waals surface area contributed by atoms with E-state index in [1.54, 1.807) is 24.3 Å². The first-order valence-corrected chi connectivity index (χ1v) is 6.09. The van der Waals surface area contributed by atoms with E-state index in [4.69, 9.17) is 11.6 Å². The fourth-order valence-electron chi connectivity index (χ4n) is 1.33. The van der Waals surface area contributed by atoms with E-state index in [9.17, 15) is 4.79 Å². The average molecular weight is 262 g/mol. The maximum absolute atomic E-state index is 10.3. The lowest BCUT2D eigenvalue weighted by molar-refractivity contribution is 0.565. The molecule has 2 aromatic carbocycles. The Kier molecular flexibility index (Phi) is 3.99. The molecule has 2 aromatic rings. The molecule has 2 rings (SSSR count). The molecule has 0 aliphatic heterocycles. The van der Waals surface area contributed by atoms with Crippen LogP contribution in [-0.2, 0) is 4.79 Å². The van der Waals surface area contributed by atoms with Crippen LogP contribution < -0.4 is 0 Å². The molecule has 0 amide bonds. The summed E-state index contributed by atoms with van der Waals surface area (Å²) in [7, 11) is 0. The summed E-state index contributed by atoms with van der Waals surface area (Å²) < 4.78 is 0. The molecule has 84 valence electrons. The second kappa shape index (κ2) is 5.69. The van der Waals surface area contributed by atoms with Gasteiger partial charge in [0.25, 0.3) is 0 Å². The van der Waals surface area contributed by atoms with Crippen molar-refractivity contribution in [1.82, 2.24) is 0 Å². The van der Waals surface area contributed by atoms with Crippen molar-refractivity contribution in [2.24, 2.45) is 4.99 Å². The van der Waals surface area contributed by atoms with Gasteiger partial charge in [0.1, 0.15) is 0 Å². The summed E-state index contributed by atoms with van der Waals surface area (Å²) in [6.45, 7) is 0. The quantitative estimate of drug-likeness (QED) is 0.603. The Hall–Kier alpha value is -1.54. The highest BCUT2D eigenvalue weighted by Gasteiger charge is 2.04. The molecule has 0 aliphatic carbocycles. The highest BCUT2D eigenvalue weighted by molar-refractivity contribution is 7.99. The number of halogens is 1. The number of hydrogen-bond acceptors (Lipinski definition) is 3. The van der Waals surface area contributed by atoms with Crippen LogP contribution in [0.4, 0.5) is 5.69 Å². The fraction of sp³-hybridized carbons (Fsp3) is 0. The highest BCUT2D eigenvalue weighted by atomic mass is 35.5. The molecule has 0 radical (unpaired) electrons. The Morgan fingerprint density at radius 1 is 1.12 bits per heavy atom. The van der Waals surface area contributed by atoms with Crippen molar-refractivity contribution in [1.29, 1.82) is 0 Å². The van der Waals surface area contributed by atoms with Crippen molar-refractivity contribution in [3.63, 3.8) is 0 Å². The Balaban J connectivity index is 2.37. The van der Waals surface area contributed by atoms with Gasteiger partial charge in [-0.3, -0.25) is 0 Å². The highest BCUT2D eigenvalue weighted by Crippen LogP contribution is 2.36. The number of hydrogen-bond donors (Lipinski definition) is 0. The third kappa shape index (κ3) is 3.21. The molecule has 0 bridgehead atoms. The van der Waals surface area contributed by atoms with Crippen molar-refractivity contribution in [2.75, 3.05) is 0 Å². The molecule has 0 N–H and O–H groups in total. The summed E-state index contributed by atoms with van der Waals surface area (Å²) in [5.41, 5.74) is 0.582. The molecule has 2 nitrogen and oxygen atoms in total. The molecule has 0 spiro atoms. The van der Waals surface area contributed by atoms with E-state index in [0.29, 0.717) is 10.7 Å². The van der Waals surface area contributed by atoms with E-state index in [-0.39, 0.29) is 0 Å². The number of rotatable bonds is 3. The van der Waals surface area contributed by atoms with E-state index in [1.807, 2.05) is 30.3 Å². The molecule has 0 fully saturated rings. The summed E-state index contributed by atoms with van der Waals surface area (Å²) in [5, 5.41) is 0.619. The van der Waals surface area contributed by atoms with Crippen LogP contribution in [-0.4, -0.2) is 6.08 Å². The Bertz CT molecular complexity index is 565. The number of aliphatic imine (C=N–C) groups is 1. The lowest BCUT2D eigenvalue weighted by Gasteiger charge is -2.04. The zero-order valence-electron chi connectivity index (χ0n) is 8.76. The maximum atomic E-state index is 10.3. The first-order valence-electron chi connectivity index (χ1n) is 4.90. The third-order valence-corrected chi connectivity index (χ3v) is 3.35. The Labute approximate surface area is 108 Å². The summed E-state index contributed by atoms with van der Waals surface area (Å²) in [4.78, 5) is 15.9. The maximum Gasteiger partial charge on any atom is 0.240 e. The van der Waals surface area contributed by atoms with Gasteiger partial charge in [-0.2, -0.15) is 4.99 Å². The van der Waals surface area contributed by atoms with Crippen molar-refractivity contribution in [2.45, 2.75) is 9.79 Å². The number of carbonyl (C=O) groups excluding carboxylic acids is 1. The number of isocyanates is 1. The SMILES string of the molecule is O=C=Nc1ccc(Cl)cc1Sc1ccccc1. The van der Waals surface area contributed by atoms with Crippen LogP contribution in [0.2, 0.25) is 5.02 Å². The minimum absolute atomic E-state index is 0.582. The van der Waals surface area contributed by atoms with Gasteiger partial charge in [0.2, 0.25) is 6.08 Å². The first-order chi connectivity index (χ1) is 8.29. The summed E-state index contributed by atoms with van der Waals surface area (Å²) in [6.07, 6.45) is 1.55. The van der Waals surface area contributed by atoms with Gasteiger partial charge >= 0.3 is 0 Å². The van der Waals surface area contributed by atoms with Crippen LogP contribution in [0, 0.1) is 0 Å². The Morgan fingerprint density at radius 3 is 2.59 bits per heavy atom. The van der Waals surface area contributed by atoms with Gasteiger partial charge < -0.3 is 0 Å². The van der Waals surface area contributed by atoms with Crippen LogP contribution in [0.15, 0.2) is 63.3 Å². The van der Waals surface area contributed by atoms with E-state index < -0.39 is 0 Å². The van der Waals surface area contributed by atoms with Crippen LogP contribution in [0.5, 0.6) is 0 Å². The second-order valence-electron chi connectivity index (χ2n) is 3.23. The molecule has 0 unspecified atom stereocenters. The molecule has 0 atom stereocenters. The van der Waals surface area contributed by atoms with E-state index in [0.717, 1.165) is 9.79 Å². The van der Waals surface area contributed by atoms with Gasteiger partial charge in [-0.25, -0.2) is 4.79 Å². The largest absolute Gasteiger partial charge is 0.240 e. The third-order valence-electron chi connectivity index (χ3n) is 2.06. The van der Waals surface area contributed by atoms with Gasteiger partial charge in [0.05, 0.1) is 5.69 Å². The van der Waals surface area contributed by atoms with Gasteiger partial charge in [-0.05, 0) is 30.3 Å². The first kappa shape index (κ1) is 11.9. The van der Waals surface area contributed by atoms with Crippen molar-refractivity contribution < 1.29 is 4.79 Å². The van der Waals surface area contributed by atoms with Crippen LogP contribution in [0.25, 0.3) is 0 Å². The van der Waals surface area contributed by atoms with E-state index in [2.05, 4.69) is 4.99 Å². The van der Waals surface area contributed by atoms with Crippen LogP contribution >= 0.6 is 23.4 Å². The summed E-state index contributed by atoms with van der Waals surface area (Å²) in [5.74, 6) is 0. The topological polar surface area (TPSA) is 29.4 Å². The predicted octanol–water partition coefficient (Wildman–Crippen LogP) is 4.46. The standard InChI is InChI=1S/C13H8ClNOS/c14-10-6-7-12(15-9-16)13(8-10)17-11-4-2-1-3-5-11/h1-8H. The average Bonchev–Trinajstić information content (AvgIpc) is 2.34. The van der Waals surface area contributed by atoms with Crippen LogP contribution in [0.3, 0.4) is 0 Å². The van der Waals surface area contributed by atoms with Crippen LogP contribution in [0.1, 0.15) is 0 Å². The summed E-state index contributed by atoms with van der Waals surface area (Å²) in [6, 6.07) is 15.0. The predicted molar refractivity (Wildman–Crippen MR) is 69.8 cm³/mol. The minimum atomic E-state index is 0.582. The second-order valence-corrected chi connectivity index (χ2v) is 4.78. The van der Waals surface area contributed by atoms with E-state index in [1.165, 1.54) is 11.8 Å². The normalized spacial score (nSPS) is 9.71. The lowest BCUT2D eigenvalue weighted by Crippen LogP contribution is -1.76. The smallest absolute Gasteiger partial charge is 0.211 e. The molecule has 0 aromatic heterocycles. The lowest BCUT2D eigenvalue weighted by atomic mass is 10.3. The summed E-state index contributed by atoms with van der Waals surface area (Å²) >= 11 is 7.44. The molecule has 0 saturated heterocycles. The molecule has 0 aliphatic rings. The zero-order valence-corrected chi connectivity index (χ0v) is 10.3. The van der Waals surface area contributed by atoms with Gasteiger partial charge in [-0.1, -0.05) is 41.6 Å². The fourth-order valence-corrected chi connectivity index (χ4v) is 2.51. The van der Waals surface area contributed by atoms with Crippen molar-refractivity contribution in [3.8, 4) is 0 Å². The molecule has 0 saturated carbocycles. The molecule has 4 heteroatoms. The number of nitrogens with zero attached hydrogens (tertiary/aromatic N) is 1. The molecular weight excluding hydrogens is 254 g/mol. The molecular formula is C13H8ClNOS. The van der Waals surface area contributed by atoms with Crippen molar-refractivity contribution in [3.05, 3.63) is 53.6 Å². The van der Waals surface area contributed by atoms with E-state index >= 15 is 0 Å². The Morgan fingerprint density at radius 2 is 1.88 bits per heavy atom. The monoisotopic (exact) mass is 261 g/mol. The van der Waals surface area contributed by atoms with Gasteiger partial charge in [0.15, 0.2) is 0 Å². The van der Waals surface area contributed by atoms with Gasteiger partial charge in [0, 0.05) is 14.8 Å². The zero-order chi connectivity index (χ0) is 12.1. The molecule has 17 heavy (non-hydrogen) atoms.